The molecule has 1 amide bonds. The lowest BCUT2D eigenvalue weighted by molar-refractivity contribution is -0.123. The van der Waals surface area contributed by atoms with Crippen molar-refractivity contribution in [2.24, 2.45) is 0 Å². The number of carbonyl (C=O) groups excluding carboxylic acids is 1. The molecule has 0 saturated carbocycles. The molecule has 2 heterocycles. The van der Waals surface area contributed by atoms with Gasteiger partial charge in [0, 0.05) is 32.2 Å². The van der Waals surface area contributed by atoms with Gasteiger partial charge in [-0.05, 0) is 33.5 Å². The number of halogens is 3. The number of rotatable bonds is 3. The van der Waals surface area contributed by atoms with Crippen molar-refractivity contribution in [2.45, 2.75) is 24.9 Å². The van der Waals surface area contributed by atoms with Gasteiger partial charge in [0.25, 0.3) is 0 Å². The summed E-state index contributed by atoms with van der Waals surface area (Å²) >= 11 is 0. The lowest BCUT2D eigenvalue weighted by atomic mass is 10.1. The minimum absolute atomic E-state index is 0. The van der Waals surface area contributed by atoms with Crippen molar-refractivity contribution < 1.29 is 4.79 Å². The van der Waals surface area contributed by atoms with E-state index in [0.29, 0.717) is 6.04 Å². The van der Waals surface area contributed by atoms with Gasteiger partial charge in [0.15, 0.2) is 0 Å². The van der Waals surface area contributed by atoms with E-state index in [0.717, 1.165) is 45.6 Å². The van der Waals surface area contributed by atoms with Gasteiger partial charge in [0.2, 0.25) is 5.91 Å². The minimum Gasteiger partial charge on any atom is -0.353 e. The van der Waals surface area contributed by atoms with Crippen LogP contribution >= 0.6 is 37.2 Å². The first-order valence-corrected chi connectivity index (χ1v) is 6.56. The smallest absolute Gasteiger partial charge is 0.237 e. The van der Waals surface area contributed by atoms with Crippen LogP contribution in [0.4, 0.5) is 0 Å². The summed E-state index contributed by atoms with van der Waals surface area (Å²) in [4.78, 5) is 16.5. The number of carbonyl (C=O) groups is 1. The van der Waals surface area contributed by atoms with Gasteiger partial charge in [-0.15, -0.1) is 37.2 Å². The number of hydrogen-bond acceptors (Lipinski definition) is 4. The molecule has 0 aromatic heterocycles. The Kier molecular flexibility index (Phi) is 12.2. The second kappa shape index (κ2) is 10.9. The molecule has 2 atom stereocenters. The van der Waals surface area contributed by atoms with Crippen LogP contribution in [0.25, 0.3) is 0 Å². The molecule has 0 aliphatic carbocycles. The molecule has 2 N–H and O–H groups in total. The van der Waals surface area contributed by atoms with E-state index in [9.17, 15) is 4.79 Å². The Morgan fingerprint density at radius 3 is 2.55 bits per heavy atom. The van der Waals surface area contributed by atoms with Gasteiger partial charge >= 0.3 is 0 Å². The molecule has 2 aliphatic heterocycles. The average molecular weight is 350 g/mol. The highest BCUT2D eigenvalue weighted by molar-refractivity contribution is 5.86. The molecule has 8 heteroatoms. The summed E-state index contributed by atoms with van der Waals surface area (Å²) in [7, 11) is 4.28. The van der Waals surface area contributed by atoms with Crippen molar-refractivity contribution in [3.05, 3.63) is 0 Å². The quantitative estimate of drug-likeness (QED) is 0.773. The van der Waals surface area contributed by atoms with E-state index in [1.54, 1.807) is 0 Å². The fourth-order valence-corrected chi connectivity index (χ4v) is 2.57. The Balaban J connectivity index is 0. The molecule has 0 spiro atoms. The van der Waals surface area contributed by atoms with Gasteiger partial charge in [-0.25, -0.2) is 0 Å². The first-order chi connectivity index (χ1) is 8.16. The van der Waals surface area contributed by atoms with Crippen molar-refractivity contribution in [1.29, 1.82) is 0 Å². The number of likely N-dealkylation sites (N-methyl/N-ethyl adjacent to an activating group) is 2. The predicted molar refractivity (Wildman–Crippen MR) is 89.7 cm³/mol. The van der Waals surface area contributed by atoms with Gasteiger partial charge in [0.1, 0.15) is 0 Å². The molecule has 2 aliphatic rings. The maximum atomic E-state index is 11.9. The zero-order valence-corrected chi connectivity index (χ0v) is 14.6. The summed E-state index contributed by atoms with van der Waals surface area (Å²) in [6.45, 7) is 4.97. The SMILES string of the molecule is CN1CCN(C)C(CNC(=O)C2CCCN2)C1.Cl.Cl.Cl. The summed E-state index contributed by atoms with van der Waals surface area (Å²) < 4.78 is 0. The van der Waals surface area contributed by atoms with Gasteiger partial charge in [0.05, 0.1) is 6.04 Å². The second-order valence-corrected chi connectivity index (χ2v) is 5.29. The lowest BCUT2D eigenvalue weighted by Crippen LogP contribution is -2.55. The average Bonchev–Trinajstić information content (AvgIpc) is 2.83. The third-order valence-corrected chi connectivity index (χ3v) is 3.87. The highest BCUT2D eigenvalue weighted by Gasteiger charge is 2.25. The largest absolute Gasteiger partial charge is 0.353 e. The van der Waals surface area contributed by atoms with Crippen LogP contribution in [0.1, 0.15) is 12.8 Å². The van der Waals surface area contributed by atoms with Crippen molar-refractivity contribution in [2.75, 3.05) is 46.8 Å². The Hall–Kier alpha value is 0.220. The van der Waals surface area contributed by atoms with E-state index in [2.05, 4.69) is 34.5 Å². The summed E-state index contributed by atoms with van der Waals surface area (Å²) in [6.07, 6.45) is 2.09. The van der Waals surface area contributed by atoms with Crippen molar-refractivity contribution in [3.8, 4) is 0 Å². The lowest BCUT2D eigenvalue weighted by Gasteiger charge is -2.37. The Bertz CT molecular complexity index is 277. The molecule has 0 aromatic carbocycles. The normalized spacial score (nSPS) is 26.9. The van der Waals surface area contributed by atoms with Crippen molar-refractivity contribution >= 4 is 43.1 Å². The van der Waals surface area contributed by atoms with Crippen LogP contribution in [0.15, 0.2) is 0 Å². The van der Waals surface area contributed by atoms with Gasteiger partial charge in [-0.3, -0.25) is 9.69 Å². The number of nitrogens with one attached hydrogen (secondary N) is 2. The summed E-state index contributed by atoms with van der Waals surface area (Å²) in [5, 5.41) is 6.30. The summed E-state index contributed by atoms with van der Waals surface area (Å²) in [6, 6.07) is 0.487. The van der Waals surface area contributed by atoms with Crippen molar-refractivity contribution in [1.82, 2.24) is 20.4 Å². The molecule has 2 unspecified atom stereocenters. The molecule has 122 valence electrons. The highest BCUT2D eigenvalue weighted by atomic mass is 35.5. The highest BCUT2D eigenvalue weighted by Crippen LogP contribution is 2.07. The van der Waals surface area contributed by atoms with Gasteiger partial charge in [-0.2, -0.15) is 0 Å². The zero-order valence-electron chi connectivity index (χ0n) is 12.1. The van der Waals surface area contributed by atoms with Crippen LogP contribution in [0.3, 0.4) is 0 Å². The van der Waals surface area contributed by atoms with E-state index in [-0.39, 0.29) is 49.2 Å². The molecule has 0 aromatic rings. The topological polar surface area (TPSA) is 47.6 Å². The van der Waals surface area contributed by atoms with Crippen LogP contribution in [0, 0.1) is 0 Å². The number of piperazine rings is 1. The first kappa shape index (κ1) is 22.5. The maximum absolute atomic E-state index is 11.9. The maximum Gasteiger partial charge on any atom is 0.237 e. The van der Waals surface area contributed by atoms with Crippen LogP contribution in [0.5, 0.6) is 0 Å². The van der Waals surface area contributed by atoms with E-state index >= 15 is 0 Å². The fourth-order valence-electron chi connectivity index (χ4n) is 2.57. The molecule has 2 rings (SSSR count). The Labute approximate surface area is 140 Å². The molecule has 0 radical (unpaired) electrons. The van der Waals surface area contributed by atoms with E-state index in [1.165, 1.54) is 0 Å². The zero-order chi connectivity index (χ0) is 12.3. The predicted octanol–water partition coefficient (Wildman–Crippen LogP) is 0.366. The Morgan fingerprint density at radius 2 is 1.95 bits per heavy atom. The van der Waals surface area contributed by atoms with Gasteiger partial charge in [-0.1, -0.05) is 0 Å². The molecule has 2 saturated heterocycles. The molecule has 5 nitrogen and oxygen atoms in total. The standard InChI is InChI=1S/C12H24N4O.3ClH/c1-15-6-7-16(2)10(9-15)8-14-12(17)11-4-3-5-13-11;;;/h10-11,13H,3-9H2,1-2H3,(H,14,17);3*1H. The molecule has 20 heavy (non-hydrogen) atoms. The van der Waals surface area contributed by atoms with Crippen molar-refractivity contribution in [3.63, 3.8) is 0 Å². The van der Waals surface area contributed by atoms with Crippen LogP contribution in [-0.4, -0.2) is 74.6 Å². The number of nitrogens with zero attached hydrogens (tertiary/aromatic N) is 2. The second-order valence-electron chi connectivity index (χ2n) is 5.29. The van der Waals surface area contributed by atoms with Gasteiger partial charge < -0.3 is 15.5 Å². The van der Waals surface area contributed by atoms with E-state index in [1.807, 2.05) is 0 Å². The van der Waals surface area contributed by atoms with Crippen LogP contribution in [-0.2, 0) is 4.79 Å². The minimum atomic E-state index is 0. The van der Waals surface area contributed by atoms with Crippen LogP contribution in [0.2, 0.25) is 0 Å². The van der Waals surface area contributed by atoms with Crippen LogP contribution < -0.4 is 10.6 Å². The first-order valence-electron chi connectivity index (χ1n) is 6.56. The third kappa shape index (κ3) is 6.33. The molecular formula is C12H27Cl3N4O. The fraction of sp³-hybridized carbons (Fsp3) is 0.917. The third-order valence-electron chi connectivity index (χ3n) is 3.87. The van der Waals surface area contributed by atoms with E-state index in [4.69, 9.17) is 0 Å². The summed E-state index contributed by atoms with van der Waals surface area (Å²) in [5.74, 6) is 0.170. The monoisotopic (exact) mass is 348 g/mol. The number of hydrogen-bond donors (Lipinski definition) is 2. The molecular weight excluding hydrogens is 323 g/mol. The number of amides is 1. The molecule has 2 fully saturated rings. The van der Waals surface area contributed by atoms with E-state index < -0.39 is 0 Å². The molecule has 0 bridgehead atoms. The summed E-state index contributed by atoms with van der Waals surface area (Å²) in [5.41, 5.74) is 0. The Morgan fingerprint density at radius 1 is 1.25 bits per heavy atom.